The van der Waals surface area contributed by atoms with Crippen LogP contribution in [0.3, 0.4) is 0 Å². The zero-order valence-electron chi connectivity index (χ0n) is 17.4. The number of ether oxygens (including phenoxy) is 2. The molecule has 0 bridgehead atoms. The summed E-state index contributed by atoms with van der Waals surface area (Å²) in [6, 6.07) is 10.4. The van der Waals surface area contributed by atoms with E-state index in [1.165, 1.54) is 21.7 Å². The minimum atomic E-state index is -3.66. The fraction of sp³-hybridized carbons (Fsp3) is 0.286. The normalized spacial score (nSPS) is 15.1. The van der Waals surface area contributed by atoms with Crippen molar-refractivity contribution in [3.05, 3.63) is 51.3 Å². The average molecular weight is 559 g/mol. The van der Waals surface area contributed by atoms with Gasteiger partial charge >= 0.3 is 0 Å². The molecule has 0 aliphatic carbocycles. The Morgan fingerprint density at radius 3 is 2.47 bits per heavy atom. The number of rotatable bonds is 6. The molecule has 1 aromatic heterocycles. The molecule has 32 heavy (non-hydrogen) atoms. The van der Waals surface area contributed by atoms with Crippen LogP contribution in [0.1, 0.15) is 0 Å². The number of anilines is 1. The Balaban J connectivity index is 1.48. The van der Waals surface area contributed by atoms with Gasteiger partial charge in [-0.3, -0.25) is 0 Å². The van der Waals surface area contributed by atoms with E-state index in [1.54, 1.807) is 26.4 Å². The Labute approximate surface area is 204 Å². The standard InChI is InChI=1S/C21H21BrClN3O4S2/c1-29-15-4-5-16(19(12-15)30-2)18-13-31-21(24-18)25-7-9-26(10-8-25)32(27,28)20-6-3-14(22)11-17(20)23/h3-6,11-13H,7-10H2,1-2H3. The molecule has 1 fully saturated rings. The van der Waals surface area contributed by atoms with Gasteiger partial charge in [-0.25, -0.2) is 13.4 Å². The Bertz CT molecular complexity index is 1230. The van der Waals surface area contributed by atoms with Crippen molar-refractivity contribution in [2.24, 2.45) is 0 Å². The zero-order valence-corrected chi connectivity index (χ0v) is 21.4. The van der Waals surface area contributed by atoms with E-state index < -0.39 is 10.0 Å². The number of halogens is 2. The Hall–Kier alpha value is -1.85. The third-order valence-corrected chi connectivity index (χ3v) is 8.97. The summed E-state index contributed by atoms with van der Waals surface area (Å²) >= 11 is 11.0. The number of hydrogen-bond acceptors (Lipinski definition) is 7. The lowest BCUT2D eigenvalue weighted by Gasteiger charge is -2.33. The molecule has 0 unspecified atom stereocenters. The molecule has 170 valence electrons. The minimum absolute atomic E-state index is 0.124. The summed E-state index contributed by atoms with van der Waals surface area (Å²) in [6.07, 6.45) is 0. The van der Waals surface area contributed by atoms with Crippen LogP contribution in [0.25, 0.3) is 11.3 Å². The van der Waals surface area contributed by atoms with E-state index in [-0.39, 0.29) is 9.92 Å². The van der Waals surface area contributed by atoms with Gasteiger partial charge in [0.05, 0.1) is 24.9 Å². The second kappa shape index (κ2) is 9.56. The summed E-state index contributed by atoms with van der Waals surface area (Å²) < 4.78 is 39.0. The number of nitrogens with zero attached hydrogens (tertiary/aromatic N) is 3. The van der Waals surface area contributed by atoms with E-state index in [0.29, 0.717) is 37.7 Å². The first kappa shape index (κ1) is 23.3. The van der Waals surface area contributed by atoms with Crippen LogP contribution in [0.15, 0.2) is 51.1 Å². The Morgan fingerprint density at radius 1 is 1.06 bits per heavy atom. The number of methoxy groups -OCH3 is 2. The molecule has 4 rings (SSSR count). The quantitative estimate of drug-likeness (QED) is 0.435. The van der Waals surface area contributed by atoms with Crippen LogP contribution in [-0.4, -0.2) is 58.1 Å². The predicted octanol–water partition coefficient (Wildman–Crippen LogP) is 4.75. The fourth-order valence-electron chi connectivity index (χ4n) is 3.49. The lowest BCUT2D eigenvalue weighted by atomic mass is 10.1. The second-order valence-electron chi connectivity index (χ2n) is 7.05. The van der Waals surface area contributed by atoms with Crippen LogP contribution in [0.2, 0.25) is 5.02 Å². The molecule has 0 radical (unpaired) electrons. The van der Waals surface area contributed by atoms with E-state index in [4.69, 9.17) is 26.1 Å². The van der Waals surface area contributed by atoms with Crippen LogP contribution < -0.4 is 14.4 Å². The lowest BCUT2D eigenvalue weighted by molar-refractivity contribution is 0.384. The summed E-state index contributed by atoms with van der Waals surface area (Å²) in [4.78, 5) is 6.99. The third-order valence-electron chi connectivity index (χ3n) is 5.20. The van der Waals surface area contributed by atoms with Gasteiger partial charge in [0, 0.05) is 47.7 Å². The highest BCUT2D eigenvalue weighted by atomic mass is 79.9. The van der Waals surface area contributed by atoms with Crippen molar-refractivity contribution in [2.75, 3.05) is 45.3 Å². The van der Waals surface area contributed by atoms with Crippen LogP contribution in [0.5, 0.6) is 11.5 Å². The summed E-state index contributed by atoms with van der Waals surface area (Å²) in [5.41, 5.74) is 1.68. The second-order valence-corrected chi connectivity index (χ2v) is 11.1. The molecule has 1 aliphatic heterocycles. The fourth-order valence-corrected chi connectivity index (χ4v) is 6.80. The average Bonchev–Trinajstić information content (AvgIpc) is 3.28. The van der Waals surface area contributed by atoms with Gasteiger partial charge in [0.25, 0.3) is 0 Å². The monoisotopic (exact) mass is 557 g/mol. The van der Waals surface area contributed by atoms with Crippen molar-refractivity contribution in [2.45, 2.75) is 4.90 Å². The van der Waals surface area contributed by atoms with Gasteiger partial charge in [-0.15, -0.1) is 11.3 Å². The van der Waals surface area contributed by atoms with Crippen LogP contribution in [-0.2, 0) is 10.0 Å². The molecule has 0 atom stereocenters. The Morgan fingerprint density at radius 2 is 1.81 bits per heavy atom. The van der Waals surface area contributed by atoms with E-state index in [2.05, 4.69) is 20.8 Å². The first-order chi connectivity index (χ1) is 15.3. The molecule has 0 amide bonds. The first-order valence-electron chi connectivity index (χ1n) is 9.71. The van der Waals surface area contributed by atoms with Gasteiger partial charge in [-0.2, -0.15) is 4.31 Å². The maximum absolute atomic E-state index is 13.0. The number of sulfonamides is 1. The molecular formula is C21H21BrClN3O4S2. The van der Waals surface area contributed by atoms with Gasteiger partial charge in [-0.1, -0.05) is 27.5 Å². The lowest BCUT2D eigenvalue weighted by Crippen LogP contribution is -2.48. The largest absolute Gasteiger partial charge is 0.497 e. The summed E-state index contributed by atoms with van der Waals surface area (Å²) in [5.74, 6) is 1.40. The van der Waals surface area contributed by atoms with Crippen LogP contribution >= 0.6 is 38.9 Å². The van der Waals surface area contributed by atoms with Gasteiger partial charge < -0.3 is 14.4 Å². The topological polar surface area (TPSA) is 72.0 Å². The van der Waals surface area contributed by atoms with E-state index in [0.717, 1.165) is 20.9 Å². The SMILES string of the molecule is COc1ccc(-c2csc(N3CCN(S(=O)(=O)c4ccc(Br)cc4Cl)CC3)n2)c(OC)c1. The van der Waals surface area contributed by atoms with Crippen molar-refractivity contribution >= 4 is 54.0 Å². The molecule has 11 heteroatoms. The molecule has 7 nitrogen and oxygen atoms in total. The molecule has 1 saturated heterocycles. The van der Waals surface area contributed by atoms with Crippen molar-refractivity contribution in [1.29, 1.82) is 0 Å². The van der Waals surface area contributed by atoms with Gasteiger partial charge in [0.15, 0.2) is 5.13 Å². The molecular weight excluding hydrogens is 538 g/mol. The van der Waals surface area contributed by atoms with E-state index in [1.807, 2.05) is 23.6 Å². The van der Waals surface area contributed by atoms with E-state index >= 15 is 0 Å². The van der Waals surface area contributed by atoms with Crippen molar-refractivity contribution in [3.8, 4) is 22.8 Å². The molecule has 0 spiro atoms. The highest BCUT2D eigenvalue weighted by Gasteiger charge is 2.31. The molecule has 0 saturated carbocycles. The smallest absolute Gasteiger partial charge is 0.244 e. The highest BCUT2D eigenvalue weighted by Crippen LogP contribution is 2.36. The number of piperazine rings is 1. The first-order valence-corrected chi connectivity index (χ1v) is 13.2. The summed E-state index contributed by atoms with van der Waals surface area (Å²) in [5, 5.41) is 3.03. The number of benzene rings is 2. The molecule has 1 aliphatic rings. The van der Waals surface area contributed by atoms with Crippen molar-refractivity contribution in [3.63, 3.8) is 0 Å². The van der Waals surface area contributed by atoms with Gasteiger partial charge in [0.2, 0.25) is 10.0 Å². The molecule has 0 N–H and O–H groups in total. The zero-order chi connectivity index (χ0) is 22.9. The maximum Gasteiger partial charge on any atom is 0.244 e. The van der Waals surface area contributed by atoms with Crippen LogP contribution in [0, 0.1) is 0 Å². The predicted molar refractivity (Wildman–Crippen MR) is 131 cm³/mol. The third kappa shape index (κ3) is 4.60. The van der Waals surface area contributed by atoms with Crippen LogP contribution in [0.4, 0.5) is 5.13 Å². The van der Waals surface area contributed by atoms with Gasteiger partial charge in [0.1, 0.15) is 16.4 Å². The molecule has 2 heterocycles. The van der Waals surface area contributed by atoms with Gasteiger partial charge in [-0.05, 0) is 30.3 Å². The number of hydrogen-bond donors (Lipinski definition) is 0. The summed E-state index contributed by atoms with van der Waals surface area (Å²) in [7, 11) is -0.435. The molecule has 3 aromatic rings. The number of thiazole rings is 1. The Kier molecular flexibility index (Phi) is 6.97. The van der Waals surface area contributed by atoms with Crippen molar-refractivity contribution < 1.29 is 17.9 Å². The summed E-state index contributed by atoms with van der Waals surface area (Å²) in [6.45, 7) is 1.80. The maximum atomic E-state index is 13.0. The van der Waals surface area contributed by atoms with Crippen molar-refractivity contribution in [1.82, 2.24) is 9.29 Å². The molecule has 2 aromatic carbocycles. The number of aromatic nitrogens is 1. The minimum Gasteiger partial charge on any atom is -0.497 e. The van der Waals surface area contributed by atoms with E-state index in [9.17, 15) is 8.42 Å². The highest BCUT2D eigenvalue weighted by molar-refractivity contribution is 9.10.